The summed E-state index contributed by atoms with van der Waals surface area (Å²) in [6.07, 6.45) is 2.35. The van der Waals surface area contributed by atoms with Crippen LogP contribution in [0.15, 0.2) is 42.6 Å². The Morgan fingerprint density at radius 2 is 1.94 bits per heavy atom. The summed E-state index contributed by atoms with van der Waals surface area (Å²) in [5.74, 6) is -0.595. The van der Waals surface area contributed by atoms with Gasteiger partial charge in [-0.2, -0.15) is 0 Å². The number of carbonyl (C=O) groups is 1. The van der Waals surface area contributed by atoms with E-state index in [2.05, 4.69) is 30.3 Å². The highest BCUT2D eigenvalue weighted by molar-refractivity contribution is 5.98. The normalized spacial score (nSPS) is 15.8. The summed E-state index contributed by atoms with van der Waals surface area (Å²) in [5.41, 5.74) is -0.180. The highest BCUT2D eigenvalue weighted by Crippen LogP contribution is 2.19. The fraction of sp³-hybridized carbons (Fsp3) is 0.381. The lowest BCUT2D eigenvalue weighted by Crippen LogP contribution is -2.47. The topological polar surface area (TPSA) is 80.0 Å². The lowest BCUT2D eigenvalue weighted by atomic mass is 10.0. The number of hydrogen-bond donors (Lipinski definition) is 0. The van der Waals surface area contributed by atoms with Crippen LogP contribution in [-0.2, 0) is 6.42 Å². The van der Waals surface area contributed by atoms with E-state index in [1.54, 1.807) is 13.1 Å². The summed E-state index contributed by atoms with van der Waals surface area (Å²) in [7, 11) is 0. The van der Waals surface area contributed by atoms with Gasteiger partial charge in [-0.05, 0) is 41.6 Å². The summed E-state index contributed by atoms with van der Waals surface area (Å²) in [4.78, 5) is 21.7. The Kier molecular flexibility index (Phi) is 6.26. The molecule has 3 heterocycles. The Morgan fingerprint density at radius 3 is 2.65 bits per heavy atom. The zero-order valence-electron chi connectivity index (χ0n) is 17.2. The highest BCUT2D eigenvalue weighted by Gasteiger charge is 2.25. The van der Waals surface area contributed by atoms with Crippen molar-refractivity contribution >= 4 is 11.6 Å². The van der Waals surface area contributed by atoms with E-state index in [0.717, 1.165) is 50.7 Å². The van der Waals surface area contributed by atoms with E-state index in [1.807, 2.05) is 18.2 Å². The molecule has 0 amide bonds. The number of ketones is 1. The molecule has 31 heavy (non-hydrogen) atoms. The van der Waals surface area contributed by atoms with Gasteiger partial charge in [-0.15, -0.1) is 5.10 Å². The lowest BCUT2D eigenvalue weighted by Gasteiger charge is -2.35. The molecule has 1 atom stereocenters. The largest absolute Gasteiger partial charge is 0.354 e. The van der Waals surface area contributed by atoms with Crippen LogP contribution in [0.3, 0.4) is 0 Å². The molecule has 1 aliphatic rings. The second-order valence-electron chi connectivity index (χ2n) is 7.47. The molecule has 0 saturated carbocycles. The Balaban J connectivity index is 1.35. The Labute approximate surface area is 178 Å². The van der Waals surface area contributed by atoms with Crippen molar-refractivity contribution in [3.8, 4) is 0 Å². The number of hydrogen-bond acceptors (Lipinski definition) is 7. The molecule has 1 aliphatic heterocycles. The first-order valence-corrected chi connectivity index (χ1v) is 10.2. The monoisotopic (exact) mass is 427 g/mol. The van der Waals surface area contributed by atoms with Gasteiger partial charge in [0.25, 0.3) is 0 Å². The van der Waals surface area contributed by atoms with E-state index in [0.29, 0.717) is 18.3 Å². The predicted molar refractivity (Wildman–Crippen MR) is 110 cm³/mol. The van der Waals surface area contributed by atoms with E-state index < -0.39 is 23.5 Å². The molecule has 8 nitrogen and oxygen atoms in total. The van der Waals surface area contributed by atoms with Crippen LogP contribution in [0.4, 0.5) is 14.6 Å². The first kappa shape index (κ1) is 21.0. The Morgan fingerprint density at radius 1 is 1.13 bits per heavy atom. The molecular weight excluding hydrogens is 404 g/mol. The lowest BCUT2D eigenvalue weighted by molar-refractivity contribution is 0.0920. The van der Waals surface area contributed by atoms with Gasteiger partial charge < -0.3 is 4.90 Å². The third-order valence-electron chi connectivity index (χ3n) is 5.50. The van der Waals surface area contributed by atoms with E-state index in [-0.39, 0.29) is 5.56 Å². The van der Waals surface area contributed by atoms with Gasteiger partial charge in [0.05, 0.1) is 5.56 Å². The van der Waals surface area contributed by atoms with Crippen molar-refractivity contribution in [3.05, 3.63) is 65.6 Å². The molecule has 10 heteroatoms. The van der Waals surface area contributed by atoms with Gasteiger partial charge >= 0.3 is 0 Å². The number of halogens is 2. The SMILES string of the molecule is CC(C(=O)c1ccc(F)cc1F)n1nnnc1CCN1CCN(c2ccccn2)CC1. The number of benzene rings is 1. The van der Waals surface area contributed by atoms with Gasteiger partial charge in [0, 0.05) is 51.4 Å². The number of carbonyl (C=O) groups excluding carboxylic acids is 1. The standard InChI is InChI=1S/C21H23F2N7O/c1-15(21(31)17-6-5-16(22)14-18(17)23)30-20(25-26-27-30)7-9-28-10-12-29(13-11-28)19-4-2-3-8-24-19/h2-6,8,14-15H,7,9-13H2,1H3. The van der Waals surface area contributed by atoms with Crippen molar-refractivity contribution in [1.29, 1.82) is 0 Å². The van der Waals surface area contributed by atoms with Crippen molar-refractivity contribution < 1.29 is 13.6 Å². The summed E-state index contributed by atoms with van der Waals surface area (Å²) in [6, 6.07) is 8.00. The van der Waals surface area contributed by atoms with Crippen LogP contribution in [-0.4, -0.2) is 68.6 Å². The average Bonchev–Trinajstić information content (AvgIpc) is 3.26. The first-order valence-electron chi connectivity index (χ1n) is 10.2. The molecule has 1 saturated heterocycles. The van der Waals surface area contributed by atoms with Gasteiger partial charge in [0.1, 0.15) is 23.5 Å². The van der Waals surface area contributed by atoms with Gasteiger partial charge in [-0.1, -0.05) is 6.07 Å². The van der Waals surface area contributed by atoms with Crippen molar-refractivity contribution in [1.82, 2.24) is 30.1 Å². The van der Waals surface area contributed by atoms with E-state index in [1.165, 1.54) is 4.68 Å². The number of tetrazole rings is 1. The minimum Gasteiger partial charge on any atom is -0.354 e. The molecule has 1 unspecified atom stereocenters. The van der Waals surface area contributed by atoms with Gasteiger partial charge in [0.2, 0.25) is 0 Å². The maximum absolute atomic E-state index is 14.0. The van der Waals surface area contributed by atoms with Gasteiger partial charge in [-0.25, -0.2) is 18.4 Å². The number of Topliss-reactive ketones (excluding diaryl/α,β-unsaturated/α-hetero) is 1. The third-order valence-corrected chi connectivity index (χ3v) is 5.50. The molecule has 1 fully saturated rings. The molecule has 162 valence electrons. The van der Waals surface area contributed by atoms with Gasteiger partial charge in [0.15, 0.2) is 11.6 Å². The minimum atomic E-state index is -0.891. The quantitative estimate of drug-likeness (QED) is 0.535. The number of piperazine rings is 1. The van der Waals surface area contributed by atoms with Crippen LogP contribution in [0.5, 0.6) is 0 Å². The van der Waals surface area contributed by atoms with Crippen LogP contribution >= 0.6 is 0 Å². The molecule has 3 aromatic rings. The second-order valence-corrected chi connectivity index (χ2v) is 7.47. The van der Waals surface area contributed by atoms with E-state index in [9.17, 15) is 13.6 Å². The second kappa shape index (κ2) is 9.25. The van der Waals surface area contributed by atoms with Crippen LogP contribution in [0.1, 0.15) is 29.1 Å². The number of nitrogens with zero attached hydrogens (tertiary/aromatic N) is 7. The first-order chi connectivity index (χ1) is 15.0. The molecule has 1 aromatic carbocycles. The van der Waals surface area contributed by atoms with Crippen molar-refractivity contribution in [3.63, 3.8) is 0 Å². The predicted octanol–water partition coefficient (Wildman–Crippen LogP) is 2.15. The molecular formula is C21H23F2N7O. The minimum absolute atomic E-state index is 0.180. The number of pyridine rings is 1. The smallest absolute Gasteiger partial charge is 0.190 e. The van der Waals surface area contributed by atoms with Gasteiger partial charge in [-0.3, -0.25) is 9.69 Å². The summed E-state index contributed by atoms with van der Waals surface area (Å²) in [6.45, 7) is 5.86. The molecule has 0 radical (unpaired) electrons. The van der Waals surface area contributed by atoms with Crippen molar-refractivity contribution in [2.24, 2.45) is 0 Å². The molecule has 0 spiro atoms. The zero-order chi connectivity index (χ0) is 21.8. The fourth-order valence-electron chi connectivity index (χ4n) is 3.70. The fourth-order valence-corrected chi connectivity index (χ4v) is 3.70. The van der Waals surface area contributed by atoms with Crippen LogP contribution in [0.2, 0.25) is 0 Å². The summed E-state index contributed by atoms with van der Waals surface area (Å²) < 4.78 is 28.6. The molecule has 2 aromatic heterocycles. The van der Waals surface area contributed by atoms with Crippen LogP contribution in [0.25, 0.3) is 0 Å². The summed E-state index contributed by atoms with van der Waals surface area (Å²) in [5, 5.41) is 11.7. The number of rotatable bonds is 7. The maximum Gasteiger partial charge on any atom is 0.190 e. The molecule has 0 bridgehead atoms. The Bertz CT molecular complexity index is 1040. The molecule has 4 rings (SSSR count). The molecule has 0 aliphatic carbocycles. The van der Waals surface area contributed by atoms with Crippen LogP contribution in [0, 0.1) is 11.6 Å². The molecule has 0 N–H and O–H groups in total. The van der Waals surface area contributed by atoms with Crippen LogP contribution < -0.4 is 4.90 Å². The third kappa shape index (κ3) is 4.74. The van der Waals surface area contributed by atoms with Crippen molar-refractivity contribution in [2.45, 2.75) is 19.4 Å². The van der Waals surface area contributed by atoms with E-state index in [4.69, 9.17) is 0 Å². The summed E-state index contributed by atoms with van der Waals surface area (Å²) >= 11 is 0. The zero-order valence-corrected chi connectivity index (χ0v) is 17.2. The van der Waals surface area contributed by atoms with Crippen molar-refractivity contribution in [2.75, 3.05) is 37.6 Å². The van der Waals surface area contributed by atoms with E-state index >= 15 is 0 Å². The maximum atomic E-state index is 14.0. The number of aromatic nitrogens is 5. The number of anilines is 1. The average molecular weight is 427 g/mol. The Hall–Kier alpha value is -3.27. The highest BCUT2D eigenvalue weighted by atomic mass is 19.1.